The van der Waals surface area contributed by atoms with Gasteiger partial charge in [-0.15, -0.1) is 5.10 Å². The molecule has 20 heavy (non-hydrogen) atoms. The van der Waals surface area contributed by atoms with Gasteiger partial charge in [0, 0.05) is 5.69 Å². The molecule has 0 saturated carbocycles. The summed E-state index contributed by atoms with van der Waals surface area (Å²) in [7, 11) is 0. The highest BCUT2D eigenvalue weighted by Crippen LogP contribution is 2.03. The zero-order chi connectivity index (χ0) is 14.2. The van der Waals surface area contributed by atoms with E-state index in [1.54, 1.807) is 24.3 Å². The van der Waals surface area contributed by atoms with Crippen LogP contribution in [0.5, 0.6) is 0 Å². The molecule has 4 N–H and O–H groups in total. The summed E-state index contributed by atoms with van der Waals surface area (Å²) in [6, 6.07) is 8.48. The van der Waals surface area contributed by atoms with Crippen LogP contribution in [-0.4, -0.2) is 39.1 Å². The molecule has 0 aliphatic heterocycles. The lowest BCUT2D eigenvalue weighted by Crippen LogP contribution is -2.38. The fourth-order valence-corrected chi connectivity index (χ4v) is 1.36. The monoisotopic (exact) mass is 275 g/mol. The quantitative estimate of drug-likeness (QED) is 0.593. The fraction of sp³-hybridized carbons (Fsp3) is 0.182. The maximum absolute atomic E-state index is 11.5. The highest BCUT2D eigenvalue weighted by molar-refractivity contribution is 5.92. The number of benzene rings is 1. The minimum Gasteiger partial charge on any atom is -0.347 e. The number of aromatic amines is 1. The average Bonchev–Trinajstić information content (AvgIpc) is 2.97. The molecule has 0 unspecified atom stereocenters. The minimum atomic E-state index is -0.451. The van der Waals surface area contributed by atoms with Crippen molar-refractivity contribution < 1.29 is 9.59 Å². The molecule has 0 fully saturated rings. The molecule has 0 spiro atoms. The molecular weight excluding hydrogens is 262 g/mol. The van der Waals surface area contributed by atoms with E-state index in [9.17, 15) is 9.59 Å². The van der Waals surface area contributed by atoms with Crippen molar-refractivity contribution in [1.29, 1.82) is 0 Å². The highest BCUT2D eigenvalue weighted by Gasteiger charge is 2.06. The molecule has 1 aromatic heterocycles. The number of nitrogens with zero attached hydrogens (tertiary/aromatic N) is 3. The standard InChI is InChI=1S/C11H13N7O2/c19-10(12-6-9-15-17-18-16-9)7-13-11(20)14-8-4-2-1-3-5-8/h1-5H,6-7H2,(H,12,19)(H2,13,14,20)(H,15,16,17,18). The maximum Gasteiger partial charge on any atom is 0.319 e. The van der Waals surface area contributed by atoms with Crippen LogP contribution >= 0.6 is 0 Å². The molecule has 0 aliphatic rings. The second-order valence-electron chi connectivity index (χ2n) is 3.80. The number of para-hydroxylation sites is 1. The summed E-state index contributed by atoms with van der Waals surface area (Å²) >= 11 is 0. The first-order valence-corrected chi connectivity index (χ1v) is 5.83. The predicted octanol–water partition coefficient (Wildman–Crippen LogP) is -0.362. The van der Waals surface area contributed by atoms with Crippen molar-refractivity contribution in [3.63, 3.8) is 0 Å². The number of nitrogens with one attached hydrogen (secondary N) is 4. The van der Waals surface area contributed by atoms with Gasteiger partial charge in [-0.2, -0.15) is 0 Å². The number of H-pyrrole nitrogens is 1. The Morgan fingerprint density at radius 2 is 1.95 bits per heavy atom. The van der Waals surface area contributed by atoms with Gasteiger partial charge < -0.3 is 16.0 Å². The molecule has 2 aromatic rings. The van der Waals surface area contributed by atoms with E-state index < -0.39 is 6.03 Å². The molecule has 0 atom stereocenters. The van der Waals surface area contributed by atoms with Crippen LogP contribution in [0.15, 0.2) is 30.3 Å². The van der Waals surface area contributed by atoms with E-state index in [-0.39, 0.29) is 19.0 Å². The second-order valence-corrected chi connectivity index (χ2v) is 3.80. The minimum absolute atomic E-state index is 0.139. The summed E-state index contributed by atoms with van der Waals surface area (Å²) in [5.41, 5.74) is 0.651. The molecule has 0 aliphatic carbocycles. The van der Waals surface area contributed by atoms with Crippen molar-refractivity contribution in [1.82, 2.24) is 31.3 Å². The Morgan fingerprint density at radius 3 is 2.65 bits per heavy atom. The van der Waals surface area contributed by atoms with Gasteiger partial charge in [0.25, 0.3) is 0 Å². The number of carbonyl (C=O) groups excluding carboxylic acids is 2. The Balaban J connectivity index is 1.66. The normalized spacial score (nSPS) is 9.80. The summed E-state index contributed by atoms with van der Waals surface area (Å²) in [5, 5.41) is 20.4. The lowest BCUT2D eigenvalue weighted by atomic mass is 10.3. The molecule has 1 aromatic carbocycles. The SMILES string of the molecule is O=C(CNC(=O)Nc1ccccc1)NCc1nnn[nH]1. The van der Waals surface area contributed by atoms with Crippen molar-refractivity contribution in [3.8, 4) is 0 Å². The largest absolute Gasteiger partial charge is 0.347 e. The van der Waals surface area contributed by atoms with Crippen LogP contribution in [0.3, 0.4) is 0 Å². The van der Waals surface area contributed by atoms with Crippen molar-refractivity contribution in [2.24, 2.45) is 0 Å². The van der Waals surface area contributed by atoms with Crippen LogP contribution < -0.4 is 16.0 Å². The van der Waals surface area contributed by atoms with Gasteiger partial charge in [-0.1, -0.05) is 18.2 Å². The first kappa shape index (κ1) is 13.5. The first-order valence-electron chi connectivity index (χ1n) is 5.83. The van der Waals surface area contributed by atoms with Crippen molar-refractivity contribution >= 4 is 17.6 Å². The van der Waals surface area contributed by atoms with Gasteiger partial charge in [0.2, 0.25) is 5.91 Å². The van der Waals surface area contributed by atoms with Gasteiger partial charge in [-0.05, 0) is 22.6 Å². The van der Waals surface area contributed by atoms with Gasteiger partial charge in [0.1, 0.15) is 0 Å². The summed E-state index contributed by atoms with van der Waals surface area (Å²) in [5.74, 6) is 0.0942. The van der Waals surface area contributed by atoms with E-state index >= 15 is 0 Å². The average molecular weight is 275 g/mol. The molecule has 1 heterocycles. The number of tetrazole rings is 1. The smallest absolute Gasteiger partial charge is 0.319 e. The fourth-order valence-electron chi connectivity index (χ4n) is 1.36. The van der Waals surface area contributed by atoms with E-state index in [0.717, 1.165) is 0 Å². The molecule has 9 nitrogen and oxygen atoms in total. The first-order chi connectivity index (χ1) is 9.74. The van der Waals surface area contributed by atoms with Crippen LogP contribution in [0, 0.1) is 0 Å². The molecule has 2 rings (SSSR count). The Hall–Kier alpha value is -2.97. The topological polar surface area (TPSA) is 125 Å². The number of rotatable bonds is 5. The Bertz CT molecular complexity index is 555. The third-order valence-electron chi connectivity index (χ3n) is 2.28. The van der Waals surface area contributed by atoms with Gasteiger partial charge in [0.15, 0.2) is 5.82 Å². The maximum atomic E-state index is 11.5. The Labute approximate surface area is 114 Å². The zero-order valence-electron chi connectivity index (χ0n) is 10.5. The summed E-state index contributed by atoms with van der Waals surface area (Å²) in [6.07, 6.45) is 0. The highest BCUT2D eigenvalue weighted by atomic mass is 16.2. The van der Waals surface area contributed by atoms with E-state index in [1.807, 2.05) is 6.07 Å². The molecule has 0 saturated heterocycles. The van der Waals surface area contributed by atoms with E-state index in [0.29, 0.717) is 11.5 Å². The van der Waals surface area contributed by atoms with E-state index in [2.05, 4.69) is 36.6 Å². The Kier molecular flexibility index (Phi) is 4.60. The van der Waals surface area contributed by atoms with Crippen molar-refractivity contribution in [3.05, 3.63) is 36.2 Å². The van der Waals surface area contributed by atoms with E-state index in [1.165, 1.54) is 0 Å². The van der Waals surface area contributed by atoms with Crippen LogP contribution in [-0.2, 0) is 11.3 Å². The molecule has 0 bridgehead atoms. The molecule has 104 valence electrons. The summed E-state index contributed by atoms with van der Waals surface area (Å²) in [4.78, 5) is 23.0. The van der Waals surface area contributed by atoms with Crippen LogP contribution in [0.1, 0.15) is 5.82 Å². The lowest BCUT2D eigenvalue weighted by Gasteiger charge is -2.07. The molecular formula is C11H13N7O2. The van der Waals surface area contributed by atoms with Gasteiger partial charge in [-0.25, -0.2) is 9.89 Å². The number of hydrogen-bond donors (Lipinski definition) is 4. The molecule has 9 heteroatoms. The van der Waals surface area contributed by atoms with Gasteiger partial charge in [-0.3, -0.25) is 4.79 Å². The van der Waals surface area contributed by atoms with Crippen molar-refractivity contribution in [2.75, 3.05) is 11.9 Å². The number of urea groups is 1. The number of carbonyl (C=O) groups is 2. The summed E-state index contributed by atoms with van der Waals surface area (Å²) in [6.45, 7) is 0.0358. The molecule has 0 radical (unpaired) electrons. The third-order valence-corrected chi connectivity index (χ3v) is 2.28. The number of hydrogen-bond acceptors (Lipinski definition) is 5. The van der Waals surface area contributed by atoms with Crippen LogP contribution in [0.4, 0.5) is 10.5 Å². The van der Waals surface area contributed by atoms with Gasteiger partial charge >= 0.3 is 6.03 Å². The Morgan fingerprint density at radius 1 is 1.15 bits per heavy atom. The van der Waals surface area contributed by atoms with Crippen LogP contribution in [0.25, 0.3) is 0 Å². The van der Waals surface area contributed by atoms with E-state index in [4.69, 9.17) is 0 Å². The summed E-state index contributed by atoms with van der Waals surface area (Å²) < 4.78 is 0. The zero-order valence-corrected chi connectivity index (χ0v) is 10.5. The predicted molar refractivity (Wildman–Crippen MR) is 69.5 cm³/mol. The third kappa shape index (κ3) is 4.37. The van der Waals surface area contributed by atoms with Crippen LogP contribution in [0.2, 0.25) is 0 Å². The number of amides is 3. The lowest BCUT2D eigenvalue weighted by molar-refractivity contribution is -0.120. The second kappa shape index (κ2) is 6.83. The number of aromatic nitrogens is 4. The number of anilines is 1. The van der Waals surface area contributed by atoms with Crippen molar-refractivity contribution in [2.45, 2.75) is 6.54 Å². The molecule has 3 amide bonds. The van der Waals surface area contributed by atoms with Gasteiger partial charge in [0.05, 0.1) is 13.1 Å².